The van der Waals surface area contributed by atoms with Crippen LogP contribution in [-0.4, -0.2) is 30.2 Å². The molecule has 1 aliphatic heterocycles. The highest BCUT2D eigenvalue weighted by molar-refractivity contribution is 6.35. The average molecular weight is 427 g/mol. The fourth-order valence-electron chi connectivity index (χ4n) is 3.62. The number of Topliss-reactive ketones (excluding diaryl/α,β-unsaturated/α-hetero) is 1. The molecule has 4 rings (SSSR count). The summed E-state index contributed by atoms with van der Waals surface area (Å²) in [5, 5.41) is 0. The molecule has 0 fully saturated rings. The molecule has 0 N–H and O–H groups in total. The first-order valence-corrected chi connectivity index (χ1v) is 10.3. The molecule has 0 saturated carbocycles. The maximum absolute atomic E-state index is 12.9. The lowest BCUT2D eigenvalue weighted by Gasteiger charge is -2.16. The van der Waals surface area contributed by atoms with E-state index in [2.05, 4.69) is 0 Å². The third-order valence-electron chi connectivity index (χ3n) is 5.50. The van der Waals surface area contributed by atoms with Crippen molar-refractivity contribution >= 4 is 29.3 Å². The Hall–Kier alpha value is -4.06. The highest BCUT2D eigenvalue weighted by Gasteiger charge is 2.37. The zero-order valence-corrected chi connectivity index (χ0v) is 17.8. The first kappa shape index (κ1) is 21.2. The minimum atomic E-state index is -0.735. The van der Waals surface area contributed by atoms with Gasteiger partial charge in [-0.3, -0.25) is 14.4 Å². The van der Waals surface area contributed by atoms with Crippen molar-refractivity contribution in [1.29, 1.82) is 0 Å². The Labute approximate surface area is 185 Å². The number of ketones is 1. The number of para-hydroxylation sites is 1. The van der Waals surface area contributed by atoms with Gasteiger partial charge in [0.05, 0.1) is 22.4 Å². The summed E-state index contributed by atoms with van der Waals surface area (Å²) in [4.78, 5) is 51.7. The molecule has 3 aromatic carbocycles. The third kappa shape index (κ3) is 3.83. The van der Waals surface area contributed by atoms with E-state index in [-0.39, 0.29) is 22.5 Å². The number of imide groups is 1. The summed E-state index contributed by atoms with van der Waals surface area (Å²) < 4.78 is 5.15. The van der Waals surface area contributed by atoms with E-state index in [1.54, 1.807) is 24.3 Å². The summed E-state index contributed by atoms with van der Waals surface area (Å²) in [7, 11) is 0. The van der Waals surface area contributed by atoms with E-state index in [0.717, 1.165) is 22.4 Å². The standard InChI is InChI=1S/C26H21NO5/c1-3-17-8-10-18(11-9-17)23(28)15-32-26(31)19-12-13-20-21(14-19)25(30)27(24(20)29)22-7-5-4-6-16(22)2/h4-14H,3,15H2,1-2H3. The van der Waals surface area contributed by atoms with Crippen molar-refractivity contribution in [3.63, 3.8) is 0 Å². The second kappa shape index (κ2) is 8.59. The molecule has 1 aliphatic rings. The van der Waals surface area contributed by atoms with Crippen molar-refractivity contribution in [3.05, 3.63) is 100 Å². The molecule has 32 heavy (non-hydrogen) atoms. The number of rotatable bonds is 6. The monoisotopic (exact) mass is 427 g/mol. The van der Waals surface area contributed by atoms with E-state index in [1.165, 1.54) is 18.2 Å². The minimum absolute atomic E-state index is 0.102. The number of esters is 1. The number of benzene rings is 3. The average Bonchev–Trinajstić information content (AvgIpc) is 3.07. The van der Waals surface area contributed by atoms with Gasteiger partial charge in [0, 0.05) is 5.56 Å². The second-order valence-corrected chi connectivity index (χ2v) is 7.54. The number of aryl methyl sites for hydroxylation is 2. The van der Waals surface area contributed by atoms with Gasteiger partial charge in [-0.2, -0.15) is 0 Å². The molecule has 1 heterocycles. The minimum Gasteiger partial charge on any atom is -0.454 e. The summed E-state index contributed by atoms with van der Waals surface area (Å²) in [6.45, 7) is 3.42. The van der Waals surface area contributed by atoms with E-state index in [4.69, 9.17) is 4.74 Å². The number of hydrogen-bond acceptors (Lipinski definition) is 5. The van der Waals surface area contributed by atoms with Crippen LogP contribution in [0.25, 0.3) is 0 Å². The van der Waals surface area contributed by atoms with E-state index >= 15 is 0 Å². The molecule has 0 spiro atoms. The maximum atomic E-state index is 12.9. The molecule has 0 aromatic heterocycles. The topological polar surface area (TPSA) is 80.8 Å². The molecule has 6 nitrogen and oxygen atoms in total. The normalized spacial score (nSPS) is 12.6. The van der Waals surface area contributed by atoms with Crippen LogP contribution in [0.4, 0.5) is 5.69 Å². The van der Waals surface area contributed by atoms with Crippen LogP contribution in [0.5, 0.6) is 0 Å². The molecule has 6 heteroatoms. The second-order valence-electron chi connectivity index (χ2n) is 7.54. The smallest absolute Gasteiger partial charge is 0.338 e. The van der Waals surface area contributed by atoms with Crippen LogP contribution in [0.3, 0.4) is 0 Å². The Balaban J connectivity index is 1.49. The van der Waals surface area contributed by atoms with Crippen molar-refractivity contribution in [3.8, 4) is 0 Å². The highest BCUT2D eigenvalue weighted by Crippen LogP contribution is 2.31. The lowest BCUT2D eigenvalue weighted by atomic mass is 10.1. The Morgan fingerprint density at radius 1 is 0.844 bits per heavy atom. The van der Waals surface area contributed by atoms with Gasteiger partial charge in [-0.05, 0) is 48.7 Å². The van der Waals surface area contributed by atoms with Gasteiger partial charge in [-0.1, -0.05) is 49.4 Å². The summed E-state index contributed by atoms with van der Waals surface area (Å²) in [6.07, 6.45) is 0.865. The van der Waals surface area contributed by atoms with Crippen LogP contribution >= 0.6 is 0 Å². The van der Waals surface area contributed by atoms with Gasteiger partial charge in [0.2, 0.25) is 0 Å². The van der Waals surface area contributed by atoms with Crippen LogP contribution in [0.15, 0.2) is 66.7 Å². The van der Waals surface area contributed by atoms with Gasteiger partial charge in [0.1, 0.15) is 0 Å². The number of ether oxygens (including phenoxy) is 1. The SMILES string of the molecule is CCc1ccc(C(=O)COC(=O)c2ccc3c(c2)C(=O)N(c2ccccc2C)C3=O)cc1. The summed E-state index contributed by atoms with van der Waals surface area (Å²) in [5.74, 6) is -1.99. The fourth-order valence-corrected chi connectivity index (χ4v) is 3.62. The number of fused-ring (bicyclic) bond motifs is 1. The van der Waals surface area contributed by atoms with Crippen LogP contribution in [0.2, 0.25) is 0 Å². The van der Waals surface area contributed by atoms with Gasteiger partial charge in [0.15, 0.2) is 12.4 Å². The molecule has 3 aromatic rings. The quantitative estimate of drug-likeness (QED) is 0.331. The number of anilines is 1. The highest BCUT2D eigenvalue weighted by atomic mass is 16.5. The van der Waals surface area contributed by atoms with E-state index in [9.17, 15) is 19.2 Å². The molecule has 0 unspecified atom stereocenters. The Morgan fingerprint density at radius 2 is 1.50 bits per heavy atom. The number of amides is 2. The van der Waals surface area contributed by atoms with Gasteiger partial charge in [-0.25, -0.2) is 9.69 Å². The Kier molecular flexibility index (Phi) is 5.69. The molecule has 0 bridgehead atoms. The number of nitrogens with zero attached hydrogens (tertiary/aromatic N) is 1. The lowest BCUT2D eigenvalue weighted by molar-refractivity contribution is 0.0474. The lowest BCUT2D eigenvalue weighted by Crippen LogP contribution is -2.29. The first-order chi connectivity index (χ1) is 15.4. The van der Waals surface area contributed by atoms with Crippen molar-refractivity contribution in [2.75, 3.05) is 11.5 Å². The fraction of sp³-hybridized carbons (Fsp3) is 0.154. The summed E-state index contributed by atoms with van der Waals surface area (Å²) >= 11 is 0. The maximum Gasteiger partial charge on any atom is 0.338 e. The third-order valence-corrected chi connectivity index (χ3v) is 5.50. The molecular weight excluding hydrogens is 406 g/mol. The molecule has 0 atom stereocenters. The molecular formula is C26H21NO5. The van der Waals surface area contributed by atoms with Crippen molar-refractivity contribution < 1.29 is 23.9 Å². The van der Waals surface area contributed by atoms with Crippen LogP contribution < -0.4 is 4.90 Å². The first-order valence-electron chi connectivity index (χ1n) is 10.3. The predicted molar refractivity (Wildman–Crippen MR) is 119 cm³/mol. The molecule has 0 saturated heterocycles. The Bertz CT molecular complexity index is 1240. The number of carbonyl (C=O) groups is 4. The van der Waals surface area contributed by atoms with Gasteiger partial charge < -0.3 is 4.74 Å². The van der Waals surface area contributed by atoms with Crippen LogP contribution in [0.1, 0.15) is 59.5 Å². The molecule has 2 amide bonds. The van der Waals surface area contributed by atoms with Crippen molar-refractivity contribution in [1.82, 2.24) is 0 Å². The Morgan fingerprint density at radius 3 is 2.19 bits per heavy atom. The van der Waals surface area contributed by atoms with Crippen molar-refractivity contribution in [2.24, 2.45) is 0 Å². The van der Waals surface area contributed by atoms with E-state index in [1.807, 2.05) is 38.1 Å². The largest absolute Gasteiger partial charge is 0.454 e. The van der Waals surface area contributed by atoms with Crippen LogP contribution in [0, 0.1) is 6.92 Å². The van der Waals surface area contributed by atoms with Gasteiger partial charge in [-0.15, -0.1) is 0 Å². The van der Waals surface area contributed by atoms with E-state index in [0.29, 0.717) is 11.3 Å². The summed E-state index contributed by atoms with van der Waals surface area (Å²) in [6, 6.07) is 18.4. The number of hydrogen-bond donors (Lipinski definition) is 0. The molecule has 0 aliphatic carbocycles. The van der Waals surface area contributed by atoms with E-state index < -0.39 is 24.4 Å². The number of carbonyl (C=O) groups excluding carboxylic acids is 4. The molecule has 160 valence electrons. The zero-order valence-electron chi connectivity index (χ0n) is 17.8. The van der Waals surface area contributed by atoms with Gasteiger partial charge >= 0.3 is 5.97 Å². The summed E-state index contributed by atoms with van der Waals surface area (Å²) in [5.41, 5.74) is 3.31. The predicted octanol–water partition coefficient (Wildman–Crippen LogP) is 4.40. The van der Waals surface area contributed by atoms with Crippen LogP contribution in [-0.2, 0) is 11.2 Å². The van der Waals surface area contributed by atoms with Crippen molar-refractivity contribution in [2.45, 2.75) is 20.3 Å². The zero-order chi connectivity index (χ0) is 22.8. The van der Waals surface area contributed by atoms with Gasteiger partial charge in [0.25, 0.3) is 11.8 Å². The molecule has 0 radical (unpaired) electrons.